The fraction of sp³-hybridized carbons (Fsp3) is 0.154. The number of benzene rings is 1. The van der Waals surface area contributed by atoms with Gasteiger partial charge in [0.15, 0.2) is 5.88 Å². The van der Waals surface area contributed by atoms with Crippen molar-refractivity contribution in [3.8, 4) is 0 Å². The minimum atomic E-state index is -1.08. The van der Waals surface area contributed by atoms with Gasteiger partial charge in [-0.05, 0) is 30.7 Å². The second-order valence-electron chi connectivity index (χ2n) is 3.89. The highest BCUT2D eigenvalue weighted by atomic mass is 35.5. The zero-order valence-electron chi connectivity index (χ0n) is 9.68. The molecule has 0 amide bonds. The summed E-state index contributed by atoms with van der Waals surface area (Å²) in [5.41, 5.74) is 1.03. The molecule has 2 N–H and O–H groups in total. The Labute approximate surface area is 109 Å². The molecule has 2 aromatic rings. The Kier molecular flexibility index (Phi) is 3.58. The highest BCUT2D eigenvalue weighted by Crippen LogP contribution is 2.22. The molecule has 18 heavy (non-hydrogen) atoms. The Morgan fingerprint density at radius 1 is 1.28 bits per heavy atom. The van der Waals surface area contributed by atoms with Gasteiger partial charge in [0, 0.05) is 11.1 Å². The minimum Gasteiger partial charge on any atom is -0.475 e. The average molecular weight is 266 g/mol. The van der Waals surface area contributed by atoms with E-state index in [4.69, 9.17) is 21.1 Å². The van der Waals surface area contributed by atoms with E-state index in [1.807, 2.05) is 19.1 Å². The van der Waals surface area contributed by atoms with Crippen LogP contribution in [0.4, 0.5) is 5.88 Å². The number of halogens is 1. The molecule has 1 unspecified atom stereocenters. The van der Waals surface area contributed by atoms with Crippen LogP contribution in [-0.4, -0.2) is 11.1 Å². The van der Waals surface area contributed by atoms with Crippen molar-refractivity contribution in [3.63, 3.8) is 0 Å². The SMILES string of the molecule is CC(Nc1ccc(C(=O)O)o1)c1ccc(Cl)cc1. The van der Waals surface area contributed by atoms with Gasteiger partial charge < -0.3 is 14.8 Å². The number of hydrogen-bond acceptors (Lipinski definition) is 3. The predicted octanol–water partition coefficient (Wildman–Crippen LogP) is 3.80. The zero-order chi connectivity index (χ0) is 13.1. The Morgan fingerprint density at radius 2 is 1.94 bits per heavy atom. The lowest BCUT2D eigenvalue weighted by Gasteiger charge is -2.13. The number of hydrogen-bond donors (Lipinski definition) is 2. The van der Waals surface area contributed by atoms with Crippen molar-refractivity contribution in [2.45, 2.75) is 13.0 Å². The molecule has 5 heteroatoms. The van der Waals surface area contributed by atoms with Gasteiger partial charge in [0.25, 0.3) is 0 Å². The molecule has 0 aliphatic rings. The van der Waals surface area contributed by atoms with Crippen molar-refractivity contribution < 1.29 is 14.3 Å². The van der Waals surface area contributed by atoms with Gasteiger partial charge in [0.2, 0.25) is 5.76 Å². The van der Waals surface area contributed by atoms with Crippen molar-refractivity contribution in [2.24, 2.45) is 0 Å². The average Bonchev–Trinajstić information content (AvgIpc) is 2.78. The predicted molar refractivity (Wildman–Crippen MR) is 69.2 cm³/mol. The second-order valence-corrected chi connectivity index (χ2v) is 4.32. The topological polar surface area (TPSA) is 62.5 Å². The Morgan fingerprint density at radius 3 is 2.50 bits per heavy atom. The first-order valence-electron chi connectivity index (χ1n) is 5.41. The summed E-state index contributed by atoms with van der Waals surface area (Å²) in [5.74, 6) is -0.738. The second kappa shape index (κ2) is 5.14. The number of nitrogens with one attached hydrogen (secondary N) is 1. The van der Waals surface area contributed by atoms with Gasteiger partial charge in [0.05, 0.1) is 6.04 Å². The molecular weight excluding hydrogens is 254 g/mol. The van der Waals surface area contributed by atoms with Gasteiger partial charge in [-0.15, -0.1) is 0 Å². The van der Waals surface area contributed by atoms with Crippen LogP contribution in [0.5, 0.6) is 0 Å². The van der Waals surface area contributed by atoms with Crippen LogP contribution < -0.4 is 5.32 Å². The molecular formula is C13H12ClNO3. The summed E-state index contributed by atoms with van der Waals surface area (Å²) in [6.07, 6.45) is 0. The molecule has 2 rings (SSSR count). The van der Waals surface area contributed by atoms with Crippen LogP contribution in [0.3, 0.4) is 0 Å². The van der Waals surface area contributed by atoms with Crippen LogP contribution in [0.15, 0.2) is 40.8 Å². The third-order valence-corrected chi connectivity index (χ3v) is 2.80. The van der Waals surface area contributed by atoms with Gasteiger partial charge in [-0.25, -0.2) is 4.79 Å². The van der Waals surface area contributed by atoms with Crippen molar-refractivity contribution in [1.82, 2.24) is 0 Å². The first-order chi connectivity index (χ1) is 8.56. The fourth-order valence-electron chi connectivity index (χ4n) is 1.58. The molecule has 0 radical (unpaired) electrons. The molecule has 1 aromatic carbocycles. The van der Waals surface area contributed by atoms with E-state index in [9.17, 15) is 4.79 Å². The summed E-state index contributed by atoms with van der Waals surface area (Å²) in [7, 11) is 0. The van der Waals surface area contributed by atoms with Crippen molar-refractivity contribution >= 4 is 23.5 Å². The lowest BCUT2D eigenvalue weighted by molar-refractivity contribution is 0.0663. The maximum absolute atomic E-state index is 10.7. The molecule has 0 saturated carbocycles. The molecule has 94 valence electrons. The highest BCUT2D eigenvalue weighted by molar-refractivity contribution is 6.30. The first kappa shape index (κ1) is 12.5. The van der Waals surface area contributed by atoms with E-state index >= 15 is 0 Å². The molecule has 0 saturated heterocycles. The largest absolute Gasteiger partial charge is 0.475 e. The lowest BCUT2D eigenvalue weighted by Crippen LogP contribution is -2.05. The van der Waals surface area contributed by atoms with Crippen LogP contribution in [0, 0.1) is 0 Å². The van der Waals surface area contributed by atoms with E-state index in [0.29, 0.717) is 10.9 Å². The molecule has 1 aromatic heterocycles. The third kappa shape index (κ3) is 2.84. The van der Waals surface area contributed by atoms with Gasteiger partial charge in [-0.1, -0.05) is 23.7 Å². The first-order valence-corrected chi connectivity index (χ1v) is 5.79. The van der Waals surface area contributed by atoms with Crippen LogP contribution in [0.1, 0.15) is 29.1 Å². The normalized spacial score (nSPS) is 12.1. The maximum atomic E-state index is 10.7. The highest BCUT2D eigenvalue weighted by Gasteiger charge is 2.11. The number of carboxylic acid groups (broad SMARTS) is 1. The van der Waals surface area contributed by atoms with Gasteiger partial charge >= 0.3 is 5.97 Å². The molecule has 0 bridgehead atoms. The molecule has 0 aliphatic carbocycles. The number of rotatable bonds is 4. The van der Waals surface area contributed by atoms with Gasteiger partial charge in [-0.2, -0.15) is 0 Å². The number of carboxylic acids is 1. The van der Waals surface area contributed by atoms with Crippen molar-refractivity contribution in [2.75, 3.05) is 5.32 Å². The lowest BCUT2D eigenvalue weighted by atomic mass is 10.1. The van der Waals surface area contributed by atoms with Crippen LogP contribution in [-0.2, 0) is 0 Å². The van der Waals surface area contributed by atoms with Crippen molar-refractivity contribution in [1.29, 1.82) is 0 Å². The van der Waals surface area contributed by atoms with E-state index in [1.165, 1.54) is 6.07 Å². The monoisotopic (exact) mass is 265 g/mol. The number of furan rings is 1. The van der Waals surface area contributed by atoms with E-state index in [2.05, 4.69) is 5.32 Å². The fourth-order valence-corrected chi connectivity index (χ4v) is 1.70. The quantitative estimate of drug-likeness (QED) is 0.882. The molecule has 1 atom stereocenters. The summed E-state index contributed by atoms with van der Waals surface area (Å²) < 4.78 is 5.12. The maximum Gasteiger partial charge on any atom is 0.371 e. The number of carbonyl (C=O) groups is 1. The summed E-state index contributed by atoms with van der Waals surface area (Å²) in [6.45, 7) is 1.95. The van der Waals surface area contributed by atoms with Gasteiger partial charge in [-0.3, -0.25) is 0 Å². The smallest absolute Gasteiger partial charge is 0.371 e. The summed E-state index contributed by atoms with van der Waals surface area (Å²) in [4.78, 5) is 10.7. The molecule has 0 spiro atoms. The molecule has 0 aliphatic heterocycles. The summed E-state index contributed by atoms with van der Waals surface area (Å²) in [6, 6.07) is 10.4. The Hall–Kier alpha value is -1.94. The summed E-state index contributed by atoms with van der Waals surface area (Å²) in [5, 5.41) is 12.5. The standard InChI is InChI=1S/C13H12ClNO3/c1-8(9-2-4-10(14)5-3-9)15-12-7-6-11(18-12)13(16)17/h2-8,15H,1H3,(H,16,17). The Bertz CT molecular complexity index is 548. The molecule has 4 nitrogen and oxygen atoms in total. The van der Waals surface area contributed by atoms with E-state index in [0.717, 1.165) is 5.56 Å². The number of aromatic carboxylic acids is 1. The van der Waals surface area contributed by atoms with Crippen molar-refractivity contribution in [3.05, 3.63) is 52.7 Å². The molecule has 0 fully saturated rings. The number of anilines is 1. The summed E-state index contributed by atoms with van der Waals surface area (Å²) >= 11 is 5.81. The Balaban J connectivity index is 2.08. The van der Waals surface area contributed by atoms with E-state index < -0.39 is 5.97 Å². The van der Waals surface area contributed by atoms with Crippen LogP contribution >= 0.6 is 11.6 Å². The van der Waals surface area contributed by atoms with Crippen LogP contribution in [0.2, 0.25) is 5.02 Å². The molecule has 1 heterocycles. The van der Waals surface area contributed by atoms with E-state index in [-0.39, 0.29) is 11.8 Å². The third-order valence-electron chi connectivity index (χ3n) is 2.55. The van der Waals surface area contributed by atoms with E-state index in [1.54, 1.807) is 18.2 Å². The van der Waals surface area contributed by atoms with Gasteiger partial charge in [0.1, 0.15) is 0 Å². The van der Waals surface area contributed by atoms with Crippen LogP contribution in [0.25, 0.3) is 0 Å². The zero-order valence-corrected chi connectivity index (χ0v) is 10.4. The minimum absolute atomic E-state index is 0.00457.